The number of aliphatic carboxylic acids is 1. The summed E-state index contributed by atoms with van der Waals surface area (Å²) in [4.78, 5) is 36.4. The number of hydrogen-bond donors (Lipinski definition) is 3. The quantitative estimate of drug-likeness (QED) is 0.464. The summed E-state index contributed by atoms with van der Waals surface area (Å²) in [6.07, 6.45) is -0.413. The van der Waals surface area contributed by atoms with Gasteiger partial charge in [-0.3, -0.25) is 4.79 Å². The highest BCUT2D eigenvalue weighted by molar-refractivity contribution is 5.88. The molecule has 0 fully saturated rings. The maximum Gasteiger partial charge on any atom is 0.407 e. The summed E-state index contributed by atoms with van der Waals surface area (Å²) < 4.78 is 10.7. The molecule has 8 heteroatoms. The van der Waals surface area contributed by atoms with Crippen LogP contribution in [-0.4, -0.2) is 55.0 Å². The number of carbonyl (C=O) groups is 3. The first-order chi connectivity index (χ1) is 16.3. The van der Waals surface area contributed by atoms with Crippen LogP contribution in [0.2, 0.25) is 0 Å². The number of carboxylic acid groups (broad SMARTS) is 1. The highest BCUT2D eigenvalue weighted by atomic mass is 16.5. The van der Waals surface area contributed by atoms with Gasteiger partial charge in [-0.1, -0.05) is 61.9 Å². The summed E-state index contributed by atoms with van der Waals surface area (Å²) >= 11 is 0. The monoisotopic (exact) mass is 468 g/mol. The zero-order valence-electron chi connectivity index (χ0n) is 19.8. The Morgan fingerprint density at radius 1 is 1.06 bits per heavy atom. The topological polar surface area (TPSA) is 114 Å². The minimum absolute atomic E-state index is 0.0390. The molecule has 0 radical (unpaired) electrons. The zero-order chi connectivity index (χ0) is 24.7. The molecular weight excluding hydrogens is 436 g/mol. The van der Waals surface area contributed by atoms with Gasteiger partial charge in [-0.15, -0.1) is 0 Å². The Balaban J connectivity index is 1.51. The first-order valence-corrected chi connectivity index (χ1v) is 11.5. The van der Waals surface area contributed by atoms with Gasteiger partial charge in [0.2, 0.25) is 5.91 Å². The molecule has 8 nitrogen and oxygen atoms in total. The summed E-state index contributed by atoms with van der Waals surface area (Å²) in [6.45, 7) is 3.65. The molecule has 0 aromatic heterocycles. The van der Waals surface area contributed by atoms with Gasteiger partial charge in [-0.2, -0.15) is 0 Å². The van der Waals surface area contributed by atoms with E-state index in [-0.39, 0.29) is 25.5 Å². The second-order valence-electron chi connectivity index (χ2n) is 8.64. The first-order valence-electron chi connectivity index (χ1n) is 11.5. The van der Waals surface area contributed by atoms with Crippen molar-refractivity contribution in [1.29, 1.82) is 0 Å². The number of hydrogen-bond acceptors (Lipinski definition) is 5. The number of ether oxygens (including phenoxy) is 2. The second kappa shape index (κ2) is 11.2. The smallest absolute Gasteiger partial charge is 0.407 e. The molecular formula is C26H32N2O6. The number of methoxy groups -OCH3 is 1. The van der Waals surface area contributed by atoms with Crippen molar-refractivity contribution < 1.29 is 29.0 Å². The van der Waals surface area contributed by atoms with Gasteiger partial charge >= 0.3 is 12.1 Å². The van der Waals surface area contributed by atoms with Crippen molar-refractivity contribution in [3.63, 3.8) is 0 Å². The summed E-state index contributed by atoms with van der Waals surface area (Å²) in [7, 11) is 1.37. The molecule has 2 aromatic rings. The molecule has 2 atom stereocenters. The van der Waals surface area contributed by atoms with Crippen LogP contribution in [-0.2, 0) is 19.1 Å². The normalized spacial score (nSPS) is 14.9. The van der Waals surface area contributed by atoms with Crippen molar-refractivity contribution in [2.45, 2.75) is 50.7 Å². The molecule has 2 aromatic carbocycles. The molecule has 0 saturated heterocycles. The van der Waals surface area contributed by atoms with Crippen LogP contribution < -0.4 is 10.6 Å². The SMILES string of the molecule is CCCC(C)(NC(=O)C(CCNC(=O)OCC1c2ccccc2-c2ccccc21)OC)C(=O)O. The van der Waals surface area contributed by atoms with Crippen LogP contribution in [0.1, 0.15) is 50.2 Å². The number of benzene rings is 2. The predicted octanol–water partition coefficient (Wildman–Crippen LogP) is 3.69. The lowest BCUT2D eigenvalue weighted by atomic mass is 9.96. The average Bonchev–Trinajstić information content (AvgIpc) is 3.14. The Bertz CT molecular complexity index is 994. The molecule has 0 spiro atoms. The van der Waals surface area contributed by atoms with Crippen molar-refractivity contribution in [2.24, 2.45) is 0 Å². The molecule has 3 rings (SSSR count). The van der Waals surface area contributed by atoms with E-state index in [2.05, 4.69) is 22.8 Å². The number of carboxylic acids is 1. The first kappa shape index (κ1) is 25.2. The van der Waals surface area contributed by atoms with Gasteiger partial charge in [0, 0.05) is 26.0 Å². The predicted molar refractivity (Wildman–Crippen MR) is 128 cm³/mol. The number of alkyl carbamates (subject to hydrolysis) is 1. The van der Waals surface area contributed by atoms with Crippen LogP contribution in [0.15, 0.2) is 48.5 Å². The van der Waals surface area contributed by atoms with Crippen molar-refractivity contribution in [3.8, 4) is 11.1 Å². The fourth-order valence-corrected chi connectivity index (χ4v) is 4.39. The Kier molecular flexibility index (Phi) is 8.28. The lowest BCUT2D eigenvalue weighted by molar-refractivity contribution is -0.149. The fourth-order valence-electron chi connectivity index (χ4n) is 4.39. The van der Waals surface area contributed by atoms with Gasteiger partial charge in [0.05, 0.1) is 0 Å². The highest BCUT2D eigenvalue weighted by Gasteiger charge is 2.36. The van der Waals surface area contributed by atoms with Crippen molar-refractivity contribution in [1.82, 2.24) is 10.6 Å². The third-order valence-electron chi connectivity index (χ3n) is 6.22. The van der Waals surface area contributed by atoms with Crippen LogP contribution in [0.5, 0.6) is 0 Å². The fraction of sp³-hybridized carbons (Fsp3) is 0.423. The minimum atomic E-state index is -1.37. The van der Waals surface area contributed by atoms with E-state index in [1.807, 2.05) is 43.3 Å². The van der Waals surface area contributed by atoms with E-state index in [0.29, 0.717) is 12.8 Å². The van der Waals surface area contributed by atoms with Crippen molar-refractivity contribution in [2.75, 3.05) is 20.3 Å². The van der Waals surface area contributed by atoms with Crippen LogP contribution in [0.25, 0.3) is 11.1 Å². The zero-order valence-corrected chi connectivity index (χ0v) is 19.8. The summed E-state index contributed by atoms with van der Waals surface area (Å²) in [5, 5.41) is 14.7. The maximum absolute atomic E-state index is 12.5. The molecule has 2 amide bonds. The van der Waals surface area contributed by atoms with Crippen molar-refractivity contribution >= 4 is 18.0 Å². The van der Waals surface area contributed by atoms with Gasteiger partial charge in [-0.05, 0) is 35.6 Å². The van der Waals surface area contributed by atoms with E-state index in [1.165, 1.54) is 14.0 Å². The average molecular weight is 469 g/mol. The molecule has 0 heterocycles. The number of amides is 2. The standard InChI is InChI=1S/C26H32N2O6/c1-4-14-26(2,24(30)31)28-23(29)22(33-3)13-15-27-25(32)34-16-21-19-11-7-5-9-17(19)18-10-6-8-12-20(18)21/h5-12,21-22H,4,13-16H2,1-3H3,(H,27,32)(H,28,29)(H,30,31). The van der Waals surface area contributed by atoms with Gasteiger partial charge in [-0.25, -0.2) is 9.59 Å². The Hall–Kier alpha value is -3.39. The number of fused-ring (bicyclic) bond motifs is 3. The van der Waals surface area contributed by atoms with Crippen molar-refractivity contribution in [3.05, 3.63) is 59.7 Å². The van der Waals surface area contributed by atoms with E-state index < -0.39 is 29.6 Å². The second-order valence-corrected chi connectivity index (χ2v) is 8.64. The third-order valence-corrected chi connectivity index (χ3v) is 6.22. The molecule has 0 bridgehead atoms. The Labute approximate surface area is 199 Å². The van der Waals surface area contributed by atoms with Gasteiger partial charge in [0.15, 0.2) is 0 Å². The van der Waals surface area contributed by atoms with Crippen LogP contribution >= 0.6 is 0 Å². The molecule has 3 N–H and O–H groups in total. The van der Waals surface area contributed by atoms with E-state index in [4.69, 9.17) is 9.47 Å². The number of nitrogens with one attached hydrogen (secondary N) is 2. The Morgan fingerprint density at radius 2 is 1.65 bits per heavy atom. The molecule has 1 aliphatic rings. The highest BCUT2D eigenvalue weighted by Crippen LogP contribution is 2.44. The largest absolute Gasteiger partial charge is 0.480 e. The number of carbonyl (C=O) groups excluding carboxylic acids is 2. The molecule has 1 aliphatic carbocycles. The van der Waals surface area contributed by atoms with E-state index in [1.54, 1.807) is 0 Å². The third kappa shape index (κ3) is 5.56. The maximum atomic E-state index is 12.5. The lowest BCUT2D eigenvalue weighted by Crippen LogP contribution is -2.55. The summed E-state index contributed by atoms with van der Waals surface area (Å²) in [6, 6.07) is 16.2. The minimum Gasteiger partial charge on any atom is -0.480 e. The van der Waals surface area contributed by atoms with Crippen LogP contribution in [0.4, 0.5) is 4.79 Å². The molecule has 0 saturated carbocycles. The lowest BCUT2D eigenvalue weighted by Gasteiger charge is -2.28. The van der Waals surface area contributed by atoms with Gasteiger partial charge < -0.3 is 25.2 Å². The van der Waals surface area contributed by atoms with E-state index >= 15 is 0 Å². The van der Waals surface area contributed by atoms with Crippen LogP contribution in [0.3, 0.4) is 0 Å². The Morgan fingerprint density at radius 3 is 2.18 bits per heavy atom. The number of rotatable bonds is 11. The van der Waals surface area contributed by atoms with E-state index in [9.17, 15) is 19.5 Å². The molecule has 34 heavy (non-hydrogen) atoms. The molecule has 0 aliphatic heterocycles. The summed E-state index contributed by atoms with van der Waals surface area (Å²) in [5.41, 5.74) is 3.18. The van der Waals surface area contributed by atoms with Gasteiger partial charge in [0.25, 0.3) is 0 Å². The summed E-state index contributed by atoms with van der Waals surface area (Å²) in [5.74, 6) is -1.67. The molecule has 182 valence electrons. The van der Waals surface area contributed by atoms with E-state index in [0.717, 1.165) is 22.3 Å². The molecule has 2 unspecified atom stereocenters. The van der Waals surface area contributed by atoms with Gasteiger partial charge in [0.1, 0.15) is 18.2 Å². The van der Waals surface area contributed by atoms with Crippen LogP contribution in [0, 0.1) is 0 Å².